The van der Waals surface area contributed by atoms with Gasteiger partial charge in [0.15, 0.2) is 0 Å². The minimum absolute atomic E-state index is 0.0220. The van der Waals surface area contributed by atoms with Crippen LogP contribution < -0.4 is 26.2 Å². The van der Waals surface area contributed by atoms with E-state index in [9.17, 15) is 43.4 Å². The number of ether oxygens (including phenoxy) is 2. The van der Waals surface area contributed by atoms with Crippen LogP contribution in [0.25, 0.3) is 0 Å². The number of nitrogens with zero attached hydrogens (tertiary/aromatic N) is 3. The highest BCUT2D eigenvalue weighted by Crippen LogP contribution is 2.47. The Morgan fingerprint density at radius 2 is 0.970 bits per heavy atom. The predicted octanol–water partition coefficient (Wildman–Crippen LogP) is 5.25. The fourth-order valence-corrected chi connectivity index (χ4v) is 9.06. The van der Waals surface area contributed by atoms with E-state index in [1.165, 1.54) is 36.2 Å². The van der Waals surface area contributed by atoms with Crippen molar-refractivity contribution in [2.75, 3.05) is 42.8 Å². The number of amides is 6. The van der Waals surface area contributed by atoms with Gasteiger partial charge in [0.1, 0.15) is 30.0 Å². The molecule has 0 radical (unpaired) electrons. The molecule has 18 heteroatoms. The lowest BCUT2D eigenvalue weighted by atomic mass is 9.85. The van der Waals surface area contributed by atoms with Crippen LogP contribution in [0.5, 0.6) is 0 Å². The molecular formula is C48H62FN7O10. The van der Waals surface area contributed by atoms with Gasteiger partial charge in [-0.2, -0.15) is 0 Å². The number of β-amino-alcohol motifs (C(OH)–C–C–N with tert-alkyl or cyclic N) is 2. The quantitative estimate of drug-likeness (QED) is 0.146. The van der Waals surface area contributed by atoms with Crippen molar-refractivity contribution in [2.24, 2.45) is 10.8 Å². The fourth-order valence-electron chi connectivity index (χ4n) is 9.06. The van der Waals surface area contributed by atoms with Gasteiger partial charge in [-0.1, -0.05) is 65.8 Å². The summed E-state index contributed by atoms with van der Waals surface area (Å²) in [5, 5.41) is 32.1. The maximum atomic E-state index is 14.2. The molecule has 6 N–H and O–H groups in total. The van der Waals surface area contributed by atoms with Gasteiger partial charge >= 0.3 is 12.2 Å². The van der Waals surface area contributed by atoms with Crippen LogP contribution in [0.2, 0.25) is 0 Å². The number of benzene rings is 3. The Bertz CT molecular complexity index is 2110. The molecule has 17 nitrogen and oxygen atoms in total. The standard InChI is InChI=1S/C48H62FN7O10/c1-47(2,3)39(52-45(63)65-7)43(61)54-25-33(57)23-37(54)41(59)50-30-15-9-27(10-16-30)35-21-22-36(56(35)32-19-13-29(49)14-20-32)28-11-17-31(18-12-28)51-42(60)38-24-34(58)26-55(38)44(62)40(48(4,5)6)53-46(64)66-8/h9-20,33-40,57-58H,21-26H2,1-8H3,(H,50,59)(H,51,60)(H,52,63)(H,53,64)/t33-,34-,35+,36+,37-,38-,39+,40+/m0/s1. The van der Waals surface area contributed by atoms with E-state index in [2.05, 4.69) is 26.2 Å². The summed E-state index contributed by atoms with van der Waals surface area (Å²) in [7, 11) is 2.39. The molecule has 356 valence electrons. The molecule has 0 aromatic heterocycles. The maximum Gasteiger partial charge on any atom is 0.407 e. The number of hydrogen-bond acceptors (Lipinski definition) is 11. The molecule has 3 aliphatic heterocycles. The minimum Gasteiger partial charge on any atom is -0.453 e. The Labute approximate surface area is 384 Å². The van der Waals surface area contributed by atoms with Crippen LogP contribution in [0.4, 0.5) is 31.0 Å². The van der Waals surface area contributed by atoms with E-state index in [1.807, 2.05) is 24.3 Å². The average molecular weight is 916 g/mol. The van der Waals surface area contributed by atoms with Gasteiger partial charge in [0.25, 0.3) is 0 Å². The van der Waals surface area contributed by atoms with Crippen molar-refractivity contribution in [1.29, 1.82) is 0 Å². The Morgan fingerprint density at radius 3 is 1.30 bits per heavy atom. The molecule has 0 aliphatic carbocycles. The average Bonchev–Trinajstić information content (AvgIpc) is 4.01. The number of likely N-dealkylation sites (tertiary alicyclic amines) is 2. The lowest BCUT2D eigenvalue weighted by Crippen LogP contribution is -2.57. The number of aliphatic hydroxyl groups is 2. The summed E-state index contributed by atoms with van der Waals surface area (Å²) in [4.78, 5) is 84.0. The molecule has 0 bridgehead atoms. The smallest absolute Gasteiger partial charge is 0.407 e. The normalized spacial score (nSPS) is 22.9. The summed E-state index contributed by atoms with van der Waals surface area (Å²) in [6.45, 7) is 10.5. The molecule has 3 aromatic rings. The zero-order valence-electron chi connectivity index (χ0n) is 38.7. The number of carbonyl (C=O) groups is 6. The van der Waals surface area contributed by atoms with Gasteiger partial charge in [0, 0.05) is 43.0 Å². The van der Waals surface area contributed by atoms with Crippen molar-refractivity contribution in [3.63, 3.8) is 0 Å². The Kier molecular flexibility index (Phi) is 15.0. The summed E-state index contributed by atoms with van der Waals surface area (Å²) >= 11 is 0. The Hall–Kier alpha value is -6.27. The number of halogens is 1. The second-order valence-electron chi connectivity index (χ2n) is 19.4. The molecule has 0 unspecified atom stereocenters. The Balaban J connectivity index is 1.16. The third-order valence-corrected chi connectivity index (χ3v) is 12.5. The van der Waals surface area contributed by atoms with Crippen molar-refractivity contribution in [3.8, 4) is 0 Å². The van der Waals surface area contributed by atoms with E-state index in [0.717, 1.165) is 29.7 Å². The summed E-state index contributed by atoms with van der Waals surface area (Å²) in [5.74, 6) is -2.37. The number of rotatable bonds is 11. The number of methoxy groups -OCH3 is 2. The molecule has 0 spiro atoms. The molecule has 3 aromatic carbocycles. The first-order valence-electron chi connectivity index (χ1n) is 22.1. The first-order valence-corrected chi connectivity index (χ1v) is 22.1. The van der Waals surface area contributed by atoms with Crippen LogP contribution in [-0.4, -0.2) is 120 Å². The van der Waals surface area contributed by atoms with Gasteiger partial charge in [-0.15, -0.1) is 0 Å². The van der Waals surface area contributed by atoms with E-state index >= 15 is 0 Å². The second-order valence-corrected chi connectivity index (χ2v) is 19.4. The van der Waals surface area contributed by atoms with E-state index in [0.29, 0.717) is 11.4 Å². The molecule has 6 amide bonds. The van der Waals surface area contributed by atoms with Crippen LogP contribution in [0.15, 0.2) is 72.8 Å². The Morgan fingerprint density at radius 1 is 0.606 bits per heavy atom. The highest BCUT2D eigenvalue weighted by molar-refractivity contribution is 6.00. The van der Waals surface area contributed by atoms with Crippen molar-refractivity contribution >= 4 is 52.9 Å². The predicted molar refractivity (Wildman–Crippen MR) is 244 cm³/mol. The van der Waals surface area contributed by atoms with Crippen LogP contribution in [0.1, 0.15) is 90.4 Å². The highest BCUT2D eigenvalue weighted by atomic mass is 19.1. The molecule has 6 rings (SSSR count). The fraction of sp³-hybridized carbons (Fsp3) is 0.500. The molecule has 3 aliphatic rings. The summed E-state index contributed by atoms with van der Waals surface area (Å²) < 4.78 is 23.7. The van der Waals surface area contributed by atoms with Gasteiger partial charge in [-0.05, 0) is 83.3 Å². The maximum absolute atomic E-state index is 14.2. The van der Waals surface area contributed by atoms with Gasteiger partial charge in [0.05, 0.1) is 38.5 Å². The number of anilines is 3. The van der Waals surface area contributed by atoms with E-state index in [1.54, 1.807) is 77.9 Å². The van der Waals surface area contributed by atoms with E-state index in [-0.39, 0.29) is 43.8 Å². The molecule has 3 fully saturated rings. The van der Waals surface area contributed by atoms with Gasteiger partial charge in [-0.3, -0.25) is 19.2 Å². The number of carbonyl (C=O) groups excluding carboxylic acids is 6. The first-order chi connectivity index (χ1) is 31.1. The molecular weight excluding hydrogens is 854 g/mol. The first kappa shape index (κ1) is 49.2. The SMILES string of the molecule is COC(=O)N[C@H](C(=O)N1C[C@@H](O)C[C@H]1C(=O)Nc1ccc([C@H]2CC[C@H](c3ccc(NC(=O)[C@@H]4C[C@H](O)CN4C(=O)[C@@H](NC(=O)OC)C(C)(C)C)cc3)N2c2ccc(F)cc2)cc1)C(C)(C)C. The largest absolute Gasteiger partial charge is 0.453 e. The van der Waals surface area contributed by atoms with Crippen LogP contribution in [0.3, 0.4) is 0 Å². The number of nitrogens with one attached hydrogen (secondary N) is 4. The lowest BCUT2D eigenvalue weighted by molar-refractivity contribution is -0.140. The van der Waals surface area contributed by atoms with Crippen molar-refractivity contribution < 1.29 is 52.8 Å². The van der Waals surface area contributed by atoms with Crippen molar-refractivity contribution in [2.45, 2.75) is 116 Å². The van der Waals surface area contributed by atoms with Crippen molar-refractivity contribution in [3.05, 3.63) is 89.7 Å². The third-order valence-electron chi connectivity index (χ3n) is 12.5. The monoisotopic (exact) mass is 915 g/mol. The number of aliphatic hydroxyl groups excluding tert-OH is 2. The summed E-state index contributed by atoms with van der Waals surface area (Å²) in [6.07, 6.45) is -1.95. The van der Waals surface area contributed by atoms with Gasteiger partial charge in [0.2, 0.25) is 23.6 Å². The topological polar surface area (TPSA) is 219 Å². The second kappa shape index (κ2) is 20.1. The summed E-state index contributed by atoms with van der Waals surface area (Å²) in [5.41, 5.74) is 2.17. The van der Waals surface area contributed by atoms with Crippen LogP contribution >= 0.6 is 0 Å². The number of alkyl carbamates (subject to hydrolysis) is 2. The van der Waals surface area contributed by atoms with E-state index in [4.69, 9.17) is 9.47 Å². The van der Waals surface area contributed by atoms with Crippen LogP contribution in [-0.2, 0) is 28.7 Å². The van der Waals surface area contributed by atoms with Gasteiger partial charge < -0.3 is 55.7 Å². The number of hydrogen-bond donors (Lipinski definition) is 6. The molecule has 66 heavy (non-hydrogen) atoms. The van der Waals surface area contributed by atoms with Gasteiger partial charge in [-0.25, -0.2) is 14.0 Å². The van der Waals surface area contributed by atoms with E-state index < -0.39 is 83.0 Å². The summed E-state index contributed by atoms with van der Waals surface area (Å²) in [6, 6.07) is 16.7. The van der Waals surface area contributed by atoms with Crippen molar-refractivity contribution in [1.82, 2.24) is 20.4 Å². The van der Waals surface area contributed by atoms with Crippen LogP contribution in [0, 0.1) is 16.6 Å². The molecule has 8 atom stereocenters. The zero-order valence-corrected chi connectivity index (χ0v) is 38.7. The molecule has 0 saturated carbocycles. The highest BCUT2D eigenvalue weighted by Gasteiger charge is 2.46. The minimum atomic E-state index is -1.02. The zero-order chi connectivity index (χ0) is 48.2. The molecule has 3 heterocycles. The molecule has 3 saturated heterocycles. The lowest BCUT2D eigenvalue weighted by Gasteiger charge is -2.35. The third kappa shape index (κ3) is 11.2.